The third-order valence-electron chi connectivity index (χ3n) is 8.99. The number of carbonyl (C=O) groups is 2. The maximum Gasteiger partial charge on any atom is 0.274 e. The molecule has 2 aliphatic rings. The Labute approximate surface area is 284 Å². The number of rotatable bonds is 13. The number of methoxy groups -OCH3 is 1. The van der Waals surface area contributed by atoms with E-state index in [0.29, 0.717) is 71.8 Å². The Morgan fingerprint density at radius 1 is 1.04 bits per heavy atom. The zero-order chi connectivity index (χ0) is 33.6. The Balaban J connectivity index is 1.21. The largest absolute Gasteiger partial charge is 0.481 e. The lowest BCUT2D eigenvalue weighted by Crippen LogP contribution is -2.35. The van der Waals surface area contributed by atoms with E-state index in [4.69, 9.17) is 26.4 Å². The number of carbonyl (C=O) groups excluding carboxylic acids is 2. The first-order valence-corrected chi connectivity index (χ1v) is 16.7. The van der Waals surface area contributed by atoms with E-state index < -0.39 is 0 Å². The van der Waals surface area contributed by atoms with Gasteiger partial charge in [-0.1, -0.05) is 29.8 Å². The number of aliphatic hydroxyl groups is 1. The first kappa shape index (κ1) is 33.5. The van der Waals surface area contributed by atoms with E-state index in [1.54, 1.807) is 19.5 Å². The number of amides is 2. The molecule has 0 bridgehead atoms. The summed E-state index contributed by atoms with van der Waals surface area (Å²) in [6.07, 6.45) is 7.56. The number of benzene rings is 1. The number of anilines is 1. The normalized spacial score (nSPS) is 15.3. The monoisotopic (exact) mass is 669 g/mol. The van der Waals surface area contributed by atoms with Gasteiger partial charge in [-0.25, -0.2) is 4.98 Å². The fraction of sp³-hybridized carbons (Fsp3) is 0.361. The molecule has 0 spiro atoms. The summed E-state index contributed by atoms with van der Waals surface area (Å²) in [5.74, 6) is 0.326. The van der Waals surface area contributed by atoms with E-state index in [0.717, 1.165) is 53.5 Å². The molecular weight excluding hydrogens is 630 g/mol. The summed E-state index contributed by atoms with van der Waals surface area (Å²) in [6, 6.07) is 11.5. The minimum absolute atomic E-state index is 0.0705. The number of nitrogens with zero attached hydrogens (tertiary/aromatic N) is 3. The van der Waals surface area contributed by atoms with E-state index in [1.165, 1.54) is 5.56 Å². The van der Waals surface area contributed by atoms with Gasteiger partial charge in [-0.3, -0.25) is 19.6 Å². The van der Waals surface area contributed by atoms with Gasteiger partial charge in [-0.2, -0.15) is 0 Å². The van der Waals surface area contributed by atoms with Crippen LogP contribution < -0.4 is 26.0 Å². The molecule has 1 saturated heterocycles. The fourth-order valence-corrected chi connectivity index (χ4v) is 6.80. The predicted octanol–water partition coefficient (Wildman–Crippen LogP) is 4.37. The molecule has 3 aromatic heterocycles. The minimum Gasteiger partial charge on any atom is -0.481 e. The third kappa shape index (κ3) is 7.19. The van der Waals surface area contributed by atoms with Crippen LogP contribution >= 0.6 is 11.6 Å². The highest BCUT2D eigenvalue weighted by molar-refractivity contribution is 6.35. The Hall–Kier alpha value is -4.42. The molecule has 1 fully saturated rings. The molecule has 250 valence electrons. The predicted molar refractivity (Wildman–Crippen MR) is 185 cm³/mol. The van der Waals surface area contributed by atoms with Gasteiger partial charge in [0.1, 0.15) is 5.69 Å². The molecule has 5 N–H and O–H groups in total. The summed E-state index contributed by atoms with van der Waals surface area (Å²) < 4.78 is 5.63. The molecule has 11 nitrogen and oxygen atoms in total. The van der Waals surface area contributed by atoms with E-state index in [1.807, 2.05) is 43.3 Å². The number of aliphatic hydroxyl groups excluding tert-OH is 1. The molecule has 6 rings (SSSR count). The number of hydrogen-bond acceptors (Lipinski definition) is 9. The molecule has 1 aromatic carbocycles. The van der Waals surface area contributed by atoms with Crippen LogP contribution in [0.4, 0.5) is 5.69 Å². The van der Waals surface area contributed by atoms with Crippen LogP contribution in [0.25, 0.3) is 22.5 Å². The molecule has 2 amide bonds. The van der Waals surface area contributed by atoms with Crippen LogP contribution in [-0.2, 0) is 30.7 Å². The maximum absolute atomic E-state index is 13.6. The van der Waals surface area contributed by atoms with Crippen LogP contribution in [0.1, 0.15) is 57.6 Å². The van der Waals surface area contributed by atoms with E-state index >= 15 is 0 Å². The molecule has 12 heteroatoms. The molecule has 1 aliphatic heterocycles. The van der Waals surface area contributed by atoms with Crippen molar-refractivity contribution < 1.29 is 19.4 Å². The zero-order valence-corrected chi connectivity index (χ0v) is 27.9. The van der Waals surface area contributed by atoms with Crippen LogP contribution in [0, 0.1) is 6.92 Å². The second kappa shape index (κ2) is 15.2. The smallest absolute Gasteiger partial charge is 0.274 e. The average Bonchev–Trinajstić information content (AvgIpc) is 3.76. The van der Waals surface area contributed by atoms with Crippen LogP contribution in [0.2, 0.25) is 5.02 Å². The molecule has 0 radical (unpaired) electrons. The van der Waals surface area contributed by atoms with Crippen LogP contribution in [0.15, 0.2) is 48.8 Å². The van der Waals surface area contributed by atoms with E-state index in [2.05, 4.69) is 31.2 Å². The van der Waals surface area contributed by atoms with Gasteiger partial charge in [0, 0.05) is 73.4 Å². The lowest BCUT2D eigenvalue weighted by molar-refractivity contribution is -0.119. The van der Waals surface area contributed by atoms with Crippen molar-refractivity contribution in [1.29, 1.82) is 0 Å². The number of ether oxygens (including phenoxy) is 1. The Kier molecular flexibility index (Phi) is 10.6. The van der Waals surface area contributed by atoms with Gasteiger partial charge in [0.25, 0.3) is 5.91 Å². The van der Waals surface area contributed by atoms with Crippen LogP contribution in [0.5, 0.6) is 5.88 Å². The molecule has 1 atom stereocenters. The maximum atomic E-state index is 13.6. The lowest BCUT2D eigenvalue weighted by Gasteiger charge is -2.16. The van der Waals surface area contributed by atoms with E-state index in [-0.39, 0.29) is 24.5 Å². The Bertz CT molecular complexity index is 1830. The van der Waals surface area contributed by atoms with Crippen molar-refractivity contribution in [3.63, 3.8) is 0 Å². The van der Waals surface area contributed by atoms with E-state index in [9.17, 15) is 9.59 Å². The topological polar surface area (TPSA) is 150 Å². The molecule has 0 saturated carbocycles. The van der Waals surface area contributed by atoms with Crippen molar-refractivity contribution in [2.24, 2.45) is 0 Å². The van der Waals surface area contributed by atoms with Gasteiger partial charge < -0.3 is 31.1 Å². The van der Waals surface area contributed by atoms with Crippen molar-refractivity contribution in [2.45, 2.75) is 58.2 Å². The summed E-state index contributed by atoms with van der Waals surface area (Å²) in [7, 11) is 1.59. The third-order valence-corrected chi connectivity index (χ3v) is 9.37. The highest BCUT2D eigenvalue weighted by Gasteiger charge is 2.25. The summed E-state index contributed by atoms with van der Waals surface area (Å²) >= 11 is 7.02. The SMILES string of the molecule is COc1nc(-c2ccnc(-c3cccc(NC(=O)c4ncc(CNCCO)c5c4CCC5)c3C)c2Cl)ccc1CNC[C@H]1CCC(=O)N1. The average molecular weight is 670 g/mol. The second-order valence-corrected chi connectivity index (χ2v) is 12.5. The van der Waals surface area contributed by atoms with Crippen molar-refractivity contribution >= 4 is 29.1 Å². The van der Waals surface area contributed by atoms with Gasteiger partial charge in [0.2, 0.25) is 11.8 Å². The molecule has 1 aliphatic carbocycles. The number of pyridine rings is 3. The number of fused-ring (bicyclic) bond motifs is 1. The van der Waals surface area contributed by atoms with Gasteiger partial charge in [-0.15, -0.1) is 0 Å². The lowest BCUT2D eigenvalue weighted by atomic mass is 10.00. The number of halogens is 1. The van der Waals surface area contributed by atoms with Gasteiger partial charge >= 0.3 is 0 Å². The molecule has 4 aromatic rings. The van der Waals surface area contributed by atoms with Gasteiger partial charge in [0.15, 0.2) is 0 Å². The fourth-order valence-electron chi connectivity index (χ4n) is 6.49. The van der Waals surface area contributed by atoms with Crippen molar-refractivity contribution in [1.82, 2.24) is 30.9 Å². The molecule has 4 heterocycles. The Morgan fingerprint density at radius 2 is 1.88 bits per heavy atom. The summed E-state index contributed by atoms with van der Waals surface area (Å²) in [5.41, 5.74) is 8.76. The second-order valence-electron chi connectivity index (χ2n) is 12.1. The Morgan fingerprint density at radius 3 is 2.67 bits per heavy atom. The van der Waals surface area contributed by atoms with Crippen molar-refractivity contribution in [3.05, 3.63) is 87.3 Å². The zero-order valence-electron chi connectivity index (χ0n) is 27.2. The number of aromatic nitrogens is 3. The summed E-state index contributed by atoms with van der Waals surface area (Å²) in [4.78, 5) is 39.0. The quantitative estimate of drug-likeness (QED) is 0.131. The van der Waals surface area contributed by atoms with Gasteiger partial charge in [-0.05, 0) is 73.1 Å². The number of nitrogens with one attached hydrogen (secondary N) is 4. The first-order valence-electron chi connectivity index (χ1n) is 16.3. The highest BCUT2D eigenvalue weighted by atomic mass is 35.5. The standard InChI is InChI=1S/C36H40ClN7O4/c1-21-25(5-4-8-29(21)43-35(47)34-27-7-3-6-26(27)23(19-41-34)18-38-15-16-45)33-32(37)28(13-14-40-33)30-11-9-22(36(44-30)48-2)17-39-20-24-10-12-31(46)42-24/h4-5,8-9,11,13-14,19,24,38-39,45H,3,6-7,10,12,15-18,20H2,1-2H3,(H,42,46)(H,43,47)/t24-/m1/s1. The van der Waals surface area contributed by atoms with Crippen molar-refractivity contribution in [2.75, 3.05) is 32.1 Å². The summed E-state index contributed by atoms with van der Waals surface area (Å²) in [5, 5.41) is 22.2. The summed E-state index contributed by atoms with van der Waals surface area (Å²) in [6.45, 7) is 4.33. The van der Waals surface area contributed by atoms with Gasteiger partial charge in [0.05, 0.1) is 30.1 Å². The number of hydrogen-bond donors (Lipinski definition) is 5. The highest BCUT2D eigenvalue weighted by Crippen LogP contribution is 2.38. The van der Waals surface area contributed by atoms with Crippen LogP contribution in [0.3, 0.4) is 0 Å². The molecule has 48 heavy (non-hydrogen) atoms. The van der Waals surface area contributed by atoms with Crippen LogP contribution in [-0.4, -0.2) is 64.7 Å². The molecule has 0 unspecified atom stereocenters. The minimum atomic E-state index is -0.255. The van der Waals surface area contributed by atoms with Crippen molar-refractivity contribution in [3.8, 4) is 28.4 Å². The molecular formula is C36H40ClN7O4. The first-order chi connectivity index (χ1) is 23.4.